The molecule has 1 atom stereocenters. The van der Waals surface area contributed by atoms with Gasteiger partial charge in [-0.25, -0.2) is 0 Å². The minimum atomic E-state index is -0.540. The number of hydrogen-bond donors (Lipinski definition) is 1. The lowest BCUT2D eigenvalue weighted by atomic mass is 10.1. The van der Waals surface area contributed by atoms with E-state index in [4.69, 9.17) is 11.6 Å². The van der Waals surface area contributed by atoms with E-state index in [2.05, 4.69) is 20.5 Å². The van der Waals surface area contributed by atoms with Gasteiger partial charge < -0.3 is 5.32 Å². The minimum absolute atomic E-state index is 0.0282. The number of carbonyl (C=O) groups excluding carboxylic acids is 1. The Morgan fingerprint density at radius 3 is 2.58 bits per heavy atom. The van der Waals surface area contributed by atoms with Gasteiger partial charge >= 0.3 is 0 Å². The number of benzene rings is 1. The highest BCUT2D eigenvalue weighted by atomic mass is 35.5. The first kappa shape index (κ1) is 20.5. The van der Waals surface area contributed by atoms with Gasteiger partial charge in [-0.05, 0) is 36.8 Å². The average Bonchev–Trinajstić information content (AvgIpc) is 3.21. The standard InChI is InChI=1S/C22H19ClN6O2/c1-14(16-4-3-9-24-11-16)26-21(30)19-10-20(15-5-7-17(23)8-6-15)27-29(22(19)31)18-12-25-28(2)13-18/h3-14H,1-2H3,(H,26,30). The molecule has 9 heteroatoms. The van der Waals surface area contributed by atoms with Gasteiger partial charge in [0.2, 0.25) is 0 Å². The van der Waals surface area contributed by atoms with Crippen molar-refractivity contribution in [2.24, 2.45) is 7.05 Å². The van der Waals surface area contributed by atoms with E-state index >= 15 is 0 Å². The molecule has 0 saturated heterocycles. The number of rotatable bonds is 5. The summed E-state index contributed by atoms with van der Waals surface area (Å²) < 4.78 is 2.74. The Balaban J connectivity index is 1.78. The number of carbonyl (C=O) groups is 1. The molecule has 1 aromatic carbocycles. The molecule has 1 unspecified atom stereocenters. The minimum Gasteiger partial charge on any atom is -0.345 e. The number of halogens is 1. The molecule has 0 aliphatic heterocycles. The maximum atomic E-state index is 13.1. The smallest absolute Gasteiger partial charge is 0.284 e. The van der Waals surface area contributed by atoms with Crippen LogP contribution in [0.2, 0.25) is 5.02 Å². The van der Waals surface area contributed by atoms with E-state index in [-0.39, 0.29) is 11.6 Å². The summed E-state index contributed by atoms with van der Waals surface area (Å²) in [5.74, 6) is -0.503. The largest absolute Gasteiger partial charge is 0.345 e. The van der Waals surface area contributed by atoms with Crippen LogP contribution in [0.1, 0.15) is 28.9 Å². The van der Waals surface area contributed by atoms with Crippen molar-refractivity contribution in [2.75, 3.05) is 0 Å². The molecule has 8 nitrogen and oxygen atoms in total. The van der Waals surface area contributed by atoms with Crippen LogP contribution in [0.5, 0.6) is 0 Å². The van der Waals surface area contributed by atoms with Crippen LogP contribution in [0.25, 0.3) is 16.9 Å². The second-order valence-corrected chi connectivity index (χ2v) is 7.46. The topological polar surface area (TPSA) is 94.7 Å². The van der Waals surface area contributed by atoms with Crippen molar-refractivity contribution >= 4 is 17.5 Å². The molecule has 4 rings (SSSR count). The van der Waals surface area contributed by atoms with Crippen LogP contribution in [0.3, 0.4) is 0 Å². The lowest BCUT2D eigenvalue weighted by Crippen LogP contribution is -2.35. The van der Waals surface area contributed by atoms with Crippen molar-refractivity contribution < 1.29 is 4.79 Å². The predicted molar refractivity (Wildman–Crippen MR) is 117 cm³/mol. The summed E-state index contributed by atoms with van der Waals surface area (Å²) >= 11 is 6.00. The molecule has 0 fully saturated rings. The van der Waals surface area contributed by atoms with E-state index in [0.29, 0.717) is 16.4 Å². The molecule has 0 bridgehead atoms. The van der Waals surface area contributed by atoms with Crippen LogP contribution in [0, 0.1) is 0 Å². The van der Waals surface area contributed by atoms with Gasteiger partial charge in [-0.15, -0.1) is 0 Å². The van der Waals surface area contributed by atoms with Crippen LogP contribution < -0.4 is 10.9 Å². The first-order chi connectivity index (χ1) is 14.9. The van der Waals surface area contributed by atoms with E-state index in [0.717, 1.165) is 11.1 Å². The van der Waals surface area contributed by atoms with Gasteiger partial charge in [0.15, 0.2) is 0 Å². The van der Waals surface area contributed by atoms with Crippen molar-refractivity contribution in [2.45, 2.75) is 13.0 Å². The summed E-state index contributed by atoms with van der Waals surface area (Å²) in [6.45, 7) is 1.83. The lowest BCUT2D eigenvalue weighted by molar-refractivity contribution is 0.0937. The first-order valence-electron chi connectivity index (χ1n) is 9.52. The summed E-state index contributed by atoms with van der Waals surface area (Å²) in [7, 11) is 1.74. The predicted octanol–water partition coefficient (Wildman–Crippen LogP) is 3.17. The van der Waals surface area contributed by atoms with Crippen molar-refractivity contribution in [1.29, 1.82) is 0 Å². The first-order valence-corrected chi connectivity index (χ1v) is 9.90. The maximum absolute atomic E-state index is 13.1. The second kappa shape index (κ2) is 8.53. The van der Waals surface area contributed by atoms with E-state index in [9.17, 15) is 9.59 Å². The van der Waals surface area contributed by atoms with Gasteiger partial charge in [0.1, 0.15) is 11.3 Å². The molecule has 3 aromatic heterocycles. The Labute approximate surface area is 183 Å². The highest BCUT2D eigenvalue weighted by Crippen LogP contribution is 2.21. The monoisotopic (exact) mass is 434 g/mol. The van der Waals surface area contributed by atoms with Gasteiger partial charge in [0.05, 0.1) is 24.1 Å². The molecule has 0 aliphatic rings. The van der Waals surface area contributed by atoms with E-state index in [1.54, 1.807) is 60.7 Å². The van der Waals surface area contributed by atoms with Crippen molar-refractivity contribution in [3.63, 3.8) is 0 Å². The molecule has 0 saturated carbocycles. The van der Waals surface area contributed by atoms with Crippen molar-refractivity contribution in [3.05, 3.63) is 93.8 Å². The van der Waals surface area contributed by atoms with Crippen LogP contribution in [-0.2, 0) is 7.05 Å². The number of pyridine rings is 1. The summed E-state index contributed by atoms with van der Waals surface area (Å²) in [6, 6.07) is 11.8. The number of amides is 1. The summed E-state index contributed by atoms with van der Waals surface area (Å²) in [5, 5.41) is 12.0. The SMILES string of the molecule is CC(NC(=O)c1cc(-c2ccc(Cl)cc2)nn(-c2cnn(C)c2)c1=O)c1cccnc1. The van der Waals surface area contributed by atoms with E-state index < -0.39 is 11.5 Å². The Kier molecular flexibility index (Phi) is 5.64. The molecule has 1 N–H and O–H groups in total. The summed E-state index contributed by atoms with van der Waals surface area (Å²) in [5.41, 5.74) is 1.89. The molecular weight excluding hydrogens is 416 g/mol. The van der Waals surface area contributed by atoms with E-state index in [1.165, 1.54) is 16.9 Å². The second-order valence-electron chi connectivity index (χ2n) is 7.02. The summed E-state index contributed by atoms with van der Waals surface area (Å²) in [6.07, 6.45) is 6.50. The summed E-state index contributed by atoms with van der Waals surface area (Å²) in [4.78, 5) is 30.3. The Morgan fingerprint density at radius 1 is 1.16 bits per heavy atom. The molecule has 31 heavy (non-hydrogen) atoms. The fourth-order valence-corrected chi connectivity index (χ4v) is 3.23. The zero-order valence-electron chi connectivity index (χ0n) is 16.9. The number of aromatic nitrogens is 5. The molecule has 3 heterocycles. The van der Waals surface area contributed by atoms with Gasteiger partial charge in [-0.3, -0.25) is 19.3 Å². The fourth-order valence-electron chi connectivity index (χ4n) is 3.10. The Bertz CT molecular complexity index is 1280. The number of aryl methyl sites for hydroxylation is 1. The van der Waals surface area contributed by atoms with Crippen LogP contribution >= 0.6 is 11.6 Å². The number of hydrogen-bond acceptors (Lipinski definition) is 5. The molecule has 0 spiro atoms. The third-order valence-electron chi connectivity index (χ3n) is 4.76. The van der Waals surface area contributed by atoms with Crippen molar-refractivity contribution in [1.82, 2.24) is 29.9 Å². The maximum Gasteiger partial charge on any atom is 0.284 e. The molecule has 156 valence electrons. The highest BCUT2D eigenvalue weighted by Gasteiger charge is 2.20. The van der Waals surface area contributed by atoms with E-state index in [1.807, 2.05) is 13.0 Å². The zero-order valence-corrected chi connectivity index (χ0v) is 17.6. The van der Waals surface area contributed by atoms with Crippen LogP contribution in [-0.4, -0.2) is 30.5 Å². The molecule has 0 aliphatic carbocycles. The van der Waals surface area contributed by atoms with Crippen molar-refractivity contribution in [3.8, 4) is 16.9 Å². The lowest BCUT2D eigenvalue weighted by Gasteiger charge is -2.15. The van der Waals surface area contributed by atoms with Gasteiger partial charge in [0.25, 0.3) is 11.5 Å². The molecule has 1 amide bonds. The molecular formula is C22H19ClN6O2. The van der Waals surface area contributed by atoms with Gasteiger partial charge in [0, 0.05) is 30.0 Å². The Hall–Kier alpha value is -3.78. The molecule has 4 aromatic rings. The normalized spacial score (nSPS) is 11.8. The van der Waals surface area contributed by atoms with Crippen LogP contribution in [0.15, 0.2) is 72.0 Å². The number of nitrogens with one attached hydrogen (secondary N) is 1. The Morgan fingerprint density at radius 2 is 1.94 bits per heavy atom. The third-order valence-corrected chi connectivity index (χ3v) is 5.02. The molecule has 0 radical (unpaired) electrons. The van der Waals surface area contributed by atoms with Crippen LogP contribution in [0.4, 0.5) is 0 Å². The average molecular weight is 435 g/mol. The zero-order chi connectivity index (χ0) is 22.0. The van der Waals surface area contributed by atoms with Gasteiger partial charge in [-0.2, -0.15) is 14.9 Å². The number of nitrogens with zero attached hydrogens (tertiary/aromatic N) is 5. The third kappa shape index (κ3) is 4.39. The van der Waals surface area contributed by atoms with Gasteiger partial charge in [-0.1, -0.05) is 29.8 Å². The highest BCUT2D eigenvalue weighted by molar-refractivity contribution is 6.30. The fraction of sp³-hybridized carbons (Fsp3) is 0.136. The quantitative estimate of drug-likeness (QED) is 0.520.